The highest BCUT2D eigenvalue weighted by Crippen LogP contribution is 2.27. The van der Waals surface area contributed by atoms with Crippen LogP contribution in [0.15, 0.2) is 29.6 Å². The first-order valence-electron chi connectivity index (χ1n) is 10.8. The van der Waals surface area contributed by atoms with Gasteiger partial charge < -0.3 is 15.1 Å². The van der Waals surface area contributed by atoms with Crippen LogP contribution in [0.3, 0.4) is 0 Å². The SMILES string of the molecule is O=C(Nc1ccc(Cl)c(Cl)c1)C1CCCCN1C(=O)CCC(=O)N1CCc2sccc2C1. The first-order valence-corrected chi connectivity index (χ1v) is 12.4. The van der Waals surface area contributed by atoms with Crippen molar-refractivity contribution in [2.75, 3.05) is 18.4 Å². The van der Waals surface area contributed by atoms with Gasteiger partial charge in [-0.1, -0.05) is 23.2 Å². The summed E-state index contributed by atoms with van der Waals surface area (Å²) >= 11 is 13.7. The molecule has 2 aromatic rings. The molecule has 1 atom stereocenters. The molecule has 0 saturated carbocycles. The lowest BCUT2D eigenvalue weighted by Gasteiger charge is -2.35. The summed E-state index contributed by atoms with van der Waals surface area (Å²) in [4.78, 5) is 43.3. The van der Waals surface area contributed by atoms with Crippen molar-refractivity contribution in [3.63, 3.8) is 0 Å². The summed E-state index contributed by atoms with van der Waals surface area (Å²) in [5.41, 5.74) is 1.74. The Morgan fingerprint density at radius 1 is 1.03 bits per heavy atom. The normalized spacial score (nSPS) is 18.2. The van der Waals surface area contributed by atoms with Gasteiger partial charge in [0.15, 0.2) is 0 Å². The first-order chi connectivity index (χ1) is 15.4. The Balaban J connectivity index is 1.33. The number of hydrogen-bond donors (Lipinski definition) is 1. The highest BCUT2D eigenvalue weighted by Gasteiger charge is 2.32. The molecule has 6 nitrogen and oxygen atoms in total. The molecule has 2 aliphatic rings. The molecule has 0 aliphatic carbocycles. The molecule has 1 aromatic heterocycles. The highest BCUT2D eigenvalue weighted by molar-refractivity contribution is 7.10. The summed E-state index contributed by atoms with van der Waals surface area (Å²) in [7, 11) is 0. The van der Waals surface area contributed by atoms with E-state index in [1.165, 1.54) is 10.4 Å². The Morgan fingerprint density at radius 2 is 1.84 bits per heavy atom. The molecular weight excluding hydrogens is 469 g/mol. The van der Waals surface area contributed by atoms with Crippen LogP contribution in [0.2, 0.25) is 10.0 Å². The van der Waals surface area contributed by atoms with Crippen LogP contribution in [-0.4, -0.2) is 46.7 Å². The van der Waals surface area contributed by atoms with Gasteiger partial charge in [-0.2, -0.15) is 0 Å². The molecule has 0 bridgehead atoms. The number of rotatable bonds is 5. The molecule has 1 unspecified atom stereocenters. The lowest BCUT2D eigenvalue weighted by atomic mass is 10.00. The van der Waals surface area contributed by atoms with Gasteiger partial charge in [-0.15, -0.1) is 11.3 Å². The number of nitrogens with zero attached hydrogens (tertiary/aromatic N) is 2. The van der Waals surface area contributed by atoms with Crippen LogP contribution in [0.25, 0.3) is 0 Å². The minimum atomic E-state index is -0.552. The fraction of sp³-hybridized carbons (Fsp3) is 0.435. The van der Waals surface area contributed by atoms with E-state index in [2.05, 4.69) is 16.8 Å². The van der Waals surface area contributed by atoms with Crippen molar-refractivity contribution in [1.29, 1.82) is 0 Å². The number of likely N-dealkylation sites (tertiary alicyclic amines) is 1. The number of halogens is 2. The largest absolute Gasteiger partial charge is 0.338 e. The predicted octanol–water partition coefficient (Wildman–Crippen LogP) is 4.74. The smallest absolute Gasteiger partial charge is 0.247 e. The summed E-state index contributed by atoms with van der Waals surface area (Å²) in [6.07, 6.45) is 3.47. The molecular formula is C23H25Cl2N3O3S. The van der Waals surface area contributed by atoms with Crippen molar-refractivity contribution >= 4 is 57.9 Å². The maximum atomic E-state index is 12.9. The molecule has 2 aliphatic heterocycles. The molecule has 9 heteroatoms. The number of piperidine rings is 1. The number of carbonyl (C=O) groups excluding carboxylic acids is 3. The summed E-state index contributed by atoms with van der Waals surface area (Å²) in [5, 5.41) is 5.66. The number of nitrogens with one attached hydrogen (secondary N) is 1. The number of amides is 3. The quantitative estimate of drug-likeness (QED) is 0.653. The summed E-state index contributed by atoms with van der Waals surface area (Å²) in [5.74, 6) is -0.409. The summed E-state index contributed by atoms with van der Waals surface area (Å²) in [6.45, 7) is 1.83. The van der Waals surface area contributed by atoms with Crippen molar-refractivity contribution in [2.24, 2.45) is 0 Å². The monoisotopic (exact) mass is 493 g/mol. The molecule has 170 valence electrons. The summed E-state index contributed by atoms with van der Waals surface area (Å²) < 4.78 is 0. The minimum Gasteiger partial charge on any atom is -0.338 e. The number of fused-ring (bicyclic) bond motifs is 1. The van der Waals surface area contributed by atoms with Gasteiger partial charge in [-0.25, -0.2) is 0 Å². The first kappa shape index (κ1) is 23.1. The molecule has 0 spiro atoms. The van der Waals surface area contributed by atoms with Crippen molar-refractivity contribution in [3.8, 4) is 0 Å². The van der Waals surface area contributed by atoms with Crippen LogP contribution in [0, 0.1) is 0 Å². The molecule has 1 aromatic carbocycles. The fourth-order valence-corrected chi connectivity index (χ4v) is 5.47. The van der Waals surface area contributed by atoms with Crippen LogP contribution in [0.1, 0.15) is 42.5 Å². The number of carbonyl (C=O) groups is 3. The van der Waals surface area contributed by atoms with Gasteiger partial charge in [0.05, 0.1) is 10.0 Å². The number of anilines is 1. The van der Waals surface area contributed by atoms with Gasteiger partial charge in [-0.05, 0) is 60.9 Å². The van der Waals surface area contributed by atoms with E-state index in [0.717, 1.165) is 19.3 Å². The van der Waals surface area contributed by atoms with Crippen molar-refractivity contribution in [3.05, 3.63) is 50.1 Å². The van der Waals surface area contributed by atoms with Crippen molar-refractivity contribution in [2.45, 2.75) is 51.1 Å². The molecule has 1 saturated heterocycles. The maximum Gasteiger partial charge on any atom is 0.247 e. The third kappa shape index (κ3) is 5.27. The van der Waals surface area contributed by atoms with Crippen LogP contribution in [-0.2, 0) is 27.3 Å². The molecule has 32 heavy (non-hydrogen) atoms. The number of thiophene rings is 1. The average molecular weight is 494 g/mol. The maximum absolute atomic E-state index is 12.9. The van der Waals surface area contributed by atoms with E-state index >= 15 is 0 Å². The number of hydrogen-bond acceptors (Lipinski definition) is 4. The zero-order chi connectivity index (χ0) is 22.7. The van der Waals surface area contributed by atoms with E-state index in [1.807, 2.05) is 4.90 Å². The minimum absolute atomic E-state index is 0.0102. The zero-order valence-corrected chi connectivity index (χ0v) is 19.9. The van der Waals surface area contributed by atoms with E-state index in [4.69, 9.17) is 23.2 Å². The fourth-order valence-electron chi connectivity index (χ4n) is 4.28. The van der Waals surface area contributed by atoms with Crippen LogP contribution < -0.4 is 5.32 Å². The van der Waals surface area contributed by atoms with Crippen LogP contribution in [0.5, 0.6) is 0 Å². The van der Waals surface area contributed by atoms with Gasteiger partial charge in [-0.3, -0.25) is 14.4 Å². The molecule has 4 rings (SSSR count). The Bertz CT molecular complexity index is 1030. The van der Waals surface area contributed by atoms with Gasteiger partial charge >= 0.3 is 0 Å². The van der Waals surface area contributed by atoms with Gasteiger partial charge in [0.1, 0.15) is 6.04 Å². The average Bonchev–Trinajstić information content (AvgIpc) is 3.27. The molecule has 3 heterocycles. The van der Waals surface area contributed by atoms with Gasteiger partial charge in [0.25, 0.3) is 0 Å². The predicted molar refractivity (Wildman–Crippen MR) is 127 cm³/mol. The standard InChI is InChI=1S/C23H25Cl2N3O3S/c24-17-5-4-16(13-18(17)25)26-23(31)19-3-1-2-10-28(19)22(30)7-6-21(29)27-11-8-20-15(14-27)9-12-32-20/h4-5,9,12-13,19H,1-3,6-8,10-11,14H2,(H,26,31). The van der Waals surface area contributed by atoms with Crippen LogP contribution in [0.4, 0.5) is 5.69 Å². The summed E-state index contributed by atoms with van der Waals surface area (Å²) in [6, 6.07) is 6.40. The van der Waals surface area contributed by atoms with E-state index in [1.54, 1.807) is 34.4 Å². The van der Waals surface area contributed by atoms with Crippen molar-refractivity contribution < 1.29 is 14.4 Å². The highest BCUT2D eigenvalue weighted by atomic mass is 35.5. The topological polar surface area (TPSA) is 69.7 Å². The second kappa shape index (κ2) is 10.2. The van der Waals surface area contributed by atoms with E-state index in [9.17, 15) is 14.4 Å². The van der Waals surface area contributed by atoms with E-state index in [-0.39, 0.29) is 30.6 Å². The number of benzene rings is 1. The van der Waals surface area contributed by atoms with E-state index in [0.29, 0.717) is 41.8 Å². The third-order valence-corrected chi connectivity index (χ3v) is 7.79. The Morgan fingerprint density at radius 3 is 2.66 bits per heavy atom. The molecule has 1 N–H and O–H groups in total. The zero-order valence-electron chi connectivity index (χ0n) is 17.6. The third-order valence-electron chi connectivity index (χ3n) is 6.03. The Labute approximate surface area is 201 Å². The molecule has 3 amide bonds. The molecule has 0 radical (unpaired) electrons. The van der Waals surface area contributed by atoms with Crippen LogP contribution >= 0.6 is 34.5 Å². The van der Waals surface area contributed by atoms with Gasteiger partial charge in [0, 0.05) is 43.0 Å². The molecule has 1 fully saturated rings. The van der Waals surface area contributed by atoms with E-state index < -0.39 is 6.04 Å². The lowest BCUT2D eigenvalue weighted by molar-refractivity contribution is -0.142. The Hall–Kier alpha value is -2.09. The second-order valence-corrected chi connectivity index (χ2v) is 9.97. The lowest BCUT2D eigenvalue weighted by Crippen LogP contribution is -2.50. The Kier molecular flexibility index (Phi) is 7.38. The van der Waals surface area contributed by atoms with Gasteiger partial charge in [0.2, 0.25) is 17.7 Å². The van der Waals surface area contributed by atoms with Crippen molar-refractivity contribution in [1.82, 2.24) is 9.80 Å². The second-order valence-electron chi connectivity index (χ2n) is 8.15.